The van der Waals surface area contributed by atoms with Gasteiger partial charge in [0, 0.05) is 29.3 Å². The number of thiophene rings is 1. The highest BCUT2D eigenvalue weighted by Crippen LogP contribution is 2.36. The Hall–Kier alpha value is -1.73. The zero-order valence-corrected chi connectivity index (χ0v) is 16.4. The zero-order valence-electron chi connectivity index (χ0n) is 14.7. The summed E-state index contributed by atoms with van der Waals surface area (Å²) in [4.78, 5) is 33.1. The molecule has 1 aliphatic carbocycles. The van der Waals surface area contributed by atoms with E-state index in [0.29, 0.717) is 32.2 Å². The summed E-state index contributed by atoms with van der Waals surface area (Å²) < 4.78 is 0. The molecule has 0 atom stereocenters. The number of carbonyl (C=O) groups excluding carboxylic acids is 1. The Kier molecular flexibility index (Phi) is 4.84. The van der Waals surface area contributed by atoms with Crippen molar-refractivity contribution in [1.29, 1.82) is 0 Å². The smallest absolute Gasteiger partial charge is 0.306 e. The van der Waals surface area contributed by atoms with Crippen LogP contribution in [-0.2, 0) is 22.6 Å². The van der Waals surface area contributed by atoms with Crippen molar-refractivity contribution in [3.05, 3.63) is 26.9 Å². The largest absolute Gasteiger partial charge is 0.481 e. The summed E-state index contributed by atoms with van der Waals surface area (Å²) in [6.07, 6.45) is 3.55. The van der Waals surface area contributed by atoms with Crippen LogP contribution in [0.5, 0.6) is 0 Å². The monoisotopic (exact) mass is 390 g/mol. The number of aryl methyl sites for hydroxylation is 1. The molecule has 0 radical (unpaired) electrons. The van der Waals surface area contributed by atoms with Gasteiger partial charge in [-0.1, -0.05) is 0 Å². The summed E-state index contributed by atoms with van der Waals surface area (Å²) in [5.41, 5.74) is 2.28. The number of carboxylic acids is 1. The van der Waals surface area contributed by atoms with Crippen LogP contribution in [0, 0.1) is 18.8 Å². The van der Waals surface area contributed by atoms with E-state index in [1.165, 1.54) is 15.3 Å². The normalized spacial score (nSPS) is 22.9. The Bertz CT molecular complexity index is 834. The van der Waals surface area contributed by atoms with Crippen molar-refractivity contribution in [3.63, 3.8) is 0 Å². The maximum atomic E-state index is 12.9. The second kappa shape index (κ2) is 7.12. The summed E-state index contributed by atoms with van der Waals surface area (Å²) in [6.45, 7) is 3.45. The van der Waals surface area contributed by atoms with Crippen molar-refractivity contribution in [2.24, 2.45) is 11.8 Å². The van der Waals surface area contributed by atoms with Crippen LogP contribution in [0.2, 0.25) is 0 Å². The van der Waals surface area contributed by atoms with E-state index in [4.69, 9.17) is 5.11 Å². The van der Waals surface area contributed by atoms with Crippen LogP contribution in [0.3, 0.4) is 0 Å². The van der Waals surface area contributed by atoms with Crippen LogP contribution in [0.4, 0.5) is 0 Å². The molecule has 7 heteroatoms. The lowest BCUT2D eigenvalue weighted by atomic mass is 9.81. The van der Waals surface area contributed by atoms with Gasteiger partial charge in [0.15, 0.2) is 0 Å². The summed E-state index contributed by atoms with van der Waals surface area (Å²) in [5, 5.41) is 12.3. The molecule has 138 valence electrons. The van der Waals surface area contributed by atoms with Gasteiger partial charge in [-0.3, -0.25) is 9.59 Å². The molecule has 1 fully saturated rings. The topological polar surface area (TPSA) is 70.5 Å². The van der Waals surface area contributed by atoms with E-state index in [1.54, 1.807) is 22.7 Å². The number of aromatic nitrogens is 1. The summed E-state index contributed by atoms with van der Waals surface area (Å²) in [7, 11) is 0. The zero-order chi connectivity index (χ0) is 18.3. The molecule has 1 amide bonds. The van der Waals surface area contributed by atoms with Crippen LogP contribution in [0.15, 0.2) is 11.4 Å². The van der Waals surface area contributed by atoms with Gasteiger partial charge < -0.3 is 10.0 Å². The molecule has 2 aliphatic rings. The predicted octanol–water partition coefficient (Wildman–Crippen LogP) is 3.96. The molecule has 1 saturated carbocycles. The first-order valence-corrected chi connectivity index (χ1v) is 10.8. The van der Waals surface area contributed by atoms with Gasteiger partial charge in [0.1, 0.15) is 0 Å². The van der Waals surface area contributed by atoms with Crippen LogP contribution in [-0.4, -0.2) is 33.4 Å². The van der Waals surface area contributed by atoms with Crippen LogP contribution in [0.1, 0.15) is 41.1 Å². The maximum absolute atomic E-state index is 12.9. The van der Waals surface area contributed by atoms with Gasteiger partial charge in [0.2, 0.25) is 5.91 Å². The average Bonchev–Trinajstić information content (AvgIpc) is 3.26. The minimum atomic E-state index is -0.721. The number of carbonyl (C=O) groups is 2. The van der Waals surface area contributed by atoms with Gasteiger partial charge in [-0.05, 0) is 50.7 Å². The Morgan fingerprint density at radius 1 is 1.23 bits per heavy atom. The number of amides is 1. The molecular weight excluding hydrogens is 368 g/mol. The first-order valence-electron chi connectivity index (χ1n) is 9.07. The standard InChI is InChI=1S/C19H22N2O3S2/c1-11-20-15(10-25-11)17-8-14-9-21(7-6-16(14)26-17)18(22)12-2-4-13(5-3-12)19(23)24/h8,10,12-13H,2-7,9H2,1H3,(H,23,24). The van der Waals surface area contributed by atoms with Gasteiger partial charge in [0.25, 0.3) is 0 Å². The van der Waals surface area contributed by atoms with Gasteiger partial charge in [-0.2, -0.15) is 0 Å². The highest BCUT2D eigenvalue weighted by Gasteiger charge is 2.33. The number of nitrogens with zero attached hydrogens (tertiary/aromatic N) is 2. The Balaban J connectivity index is 1.43. The van der Waals surface area contributed by atoms with Crippen molar-refractivity contribution >= 4 is 34.6 Å². The average molecular weight is 391 g/mol. The fourth-order valence-electron chi connectivity index (χ4n) is 3.97. The van der Waals surface area contributed by atoms with E-state index >= 15 is 0 Å². The van der Waals surface area contributed by atoms with E-state index in [9.17, 15) is 9.59 Å². The number of carboxylic acid groups (broad SMARTS) is 1. The number of thiazole rings is 1. The minimum absolute atomic E-state index is 0.00792. The number of fused-ring (bicyclic) bond motifs is 1. The summed E-state index contributed by atoms with van der Waals surface area (Å²) in [6, 6.07) is 2.19. The van der Waals surface area contributed by atoms with Crippen molar-refractivity contribution in [3.8, 4) is 10.6 Å². The summed E-state index contributed by atoms with van der Waals surface area (Å²) in [5.74, 6) is -0.794. The SMILES string of the molecule is Cc1nc(-c2cc3c(s2)CCN(C(=O)C2CCC(C(=O)O)CC2)C3)cs1. The Morgan fingerprint density at radius 3 is 2.62 bits per heavy atom. The van der Waals surface area contributed by atoms with E-state index in [2.05, 4.69) is 16.4 Å². The fraction of sp³-hybridized carbons (Fsp3) is 0.526. The van der Waals surface area contributed by atoms with Crippen LogP contribution < -0.4 is 0 Å². The van der Waals surface area contributed by atoms with E-state index < -0.39 is 5.97 Å². The van der Waals surface area contributed by atoms with Crippen molar-refractivity contribution in [2.75, 3.05) is 6.54 Å². The van der Waals surface area contributed by atoms with E-state index in [0.717, 1.165) is 23.7 Å². The molecule has 1 N–H and O–H groups in total. The molecule has 2 aromatic heterocycles. The lowest BCUT2D eigenvalue weighted by Gasteiger charge is -2.33. The number of aliphatic carboxylic acids is 1. The van der Waals surface area contributed by atoms with Crippen molar-refractivity contribution in [1.82, 2.24) is 9.88 Å². The lowest BCUT2D eigenvalue weighted by Crippen LogP contribution is -2.40. The molecule has 0 unspecified atom stereocenters. The third kappa shape index (κ3) is 3.42. The van der Waals surface area contributed by atoms with E-state index in [1.807, 2.05) is 11.8 Å². The van der Waals surface area contributed by atoms with Crippen molar-refractivity contribution in [2.45, 2.75) is 45.6 Å². The van der Waals surface area contributed by atoms with Crippen LogP contribution >= 0.6 is 22.7 Å². The highest BCUT2D eigenvalue weighted by molar-refractivity contribution is 7.16. The first-order chi connectivity index (χ1) is 12.5. The molecule has 26 heavy (non-hydrogen) atoms. The fourth-order valence-corrected chi connectivity index (χ4v) is 5.78. The van der Waals surface area contributed by atoms with Gasteiger partial charge in [-0.15, -0.1) is 22.7 Å². The Labute approximate surface area is 160 Å². The molecule has 0 saturated heterocycles. The number of rotatable bonds is 3. The molecule has 2 aromatic rings. The Morgan fingerprint density at radius 2 is 1.96 bits per heavy atom. The van der Waals surface area contributed by atoms with Crippen molar-refractivity contribution < 1.29 is 14.7 Å². The molecule has 0 aromatic carbocycles. The molecule has 0 spiro atoms. The quantitative estimate of drug-likeness (QED) is 0.861. The molecule has 0 bridgehead atoms. The summed E-state index contributed by atoms with van der Waals surface area (Å²) >= 11 is 3.46. The minimum Gasteiger partial charge on any atom is -0.481 e. The lowest BCUT2D eigenvalue weighted by molar-refractivity contribution is -0.146. The maximum Gasteiger partial charge on any atom is 0.306 e. The number of hydrogen-bond acceptors (Lipinski definition) is 5. The highest BCUT2D eigenvalue weighted by atomic mass is 32.1. The second-order valence-corrected chi connectivity index (χ2v) is 9.41. The molecular formula is C19H22N2O3S2. The van der Waals surface area contributed by atoms with Gasteiger partial charge in [-0.25, -0.2) is 4.98 Å². The molecule has 4 rings (SSSR count). The first kappa shape index (κ1) is 17.7. The third-order valence-electron chi connectivity index (χ3n) is 5.48. The third-order valence-corrected chi connectivity index (χ3v) is 7.51. The second-order valence-electron chi connectivity index (χ2n) is 7.21. The van der Waals surface area contributed by atoms with Gasteiger partial charge >= 0.3 is 5.97 Å². The van der Waals surface area contributed by atoms with E-state index in [-0.39, 0.29) is 17.7 Å². The molecule has 5 nitrogen and oxygen atoms in total. The molecule has 1 aliphatic heterocycles. The van der Waals surface area contributed by atoms with Crippen LogP contribution in [0.25, 0.3) is 10.6 Å². The van der Waals surface area contributed by atoms with Gasteiger partial charge in [0.05, 0.1) is 21.5 Å². The predicted molar refractivity (Wildman–Crippen MR) is 102 cm³/mol. The number of hydrogen-bond donors (Lipinski definition) is 1. The molecule has 3 heterocycles.